The fourth-order valence-corrected chi connectivity index (χ4v) is 3.17. The zero-order chi connectivity index (χ0) is 14.5. The van der Waals surface area contributed by atoms with E-state index in [0.717, 1.165) is 18.1 Å². The van der Waals surface area contributed by atoms with Gasteiger partial charge in [-0.05, 0) is 44.1 Å². The van der Waals surface area contributed by atoms with Crippen molar-refractivity contribution in [3.63, 3.8) is 0 Å². The molecular weight excluding hydrogens is 258 g/mol. The molecule has 0 saturated carbocycles. The largest absolute Gasteiger partial charge is 0.340 e. The van der Waals surface area contributed by atoms with Gasteiger partial charge in [0.05, 0.1) is 0 Å². The van der Waals surface area contributed by atoms with Gasteiger partial charge in [0.15, 0.2) is 0 Å². The van der Waals surface area contributed by atoms with Crippen molar-refractivity contribution in [3.05, 3.63) is 54.2 Å². The van der Waals surface area contributed by atoms with E-state index in [1.165, 1.54) is 31.4 Å². The van der Waals surface area contributed by atoms with Crippen LogP contribution in [0.4, 0.5) is 11.5 Å². The molecule has 1 atom stereocenters. The number of piperidine rings is 1. The van der Waals surface area contributed by atoms with Crippen LogP contribution < -0.4 is 5.32 Å². The summed E-state index contributed by atoms with van der Waals surface area (Å²) in [5.41, 5.74) is 2.42. The van der Waals surface area contributed by atoms with Gasteiger partial charge in [0.25, 0.3) is 0 Å². The third-order valence-corrected chi connectivity index (χ3v) is 4.25. The molecule has 1 aromatic heterocycles. The van der Waals surface area contributed by atoms with Crippen LogP contribution in [0.25, 0.3) is 0 Å². The van der Waals surface area contributed by atoms with Crippen LogP contribution in [-0.4, -0.2) is 23.0 Å². The number of benzene rings is 1. The molecule has 0 unspecified atom stereocenters. The number of likely N-dealkylation sites (tertiary alicyclic amines) is 1. The van der Waals surface area contributed by atoms with Gasteiger partial charge in [0.1, 0.15) is 5.82 Å². The monoisotopic (exact) mass is 281 g/mol. The topological polar surface area (TPSA) is 28.2 Å². The maximum Gasteiger partial charge on any atom is 0.135 e. The lowest BCUT2D eigenvalue weighted by Gasteiger charge is -2.35. The summed E-state index contributed by atoms with van der Waals surface area (Å²) in [7, 11) is 0. The quantitative estimate of drug-likeness (QED) is 0.902. The number of hydrogen-bond acceptors (Lipinski definition) is 3. The number of anilines is 2. The molecule has 1 aliphatic heterocycles. The van der Waals surface area contributed by atoms with Crippen molar-refractivity contribution >= 4 is 11.5 Å². The number of nitrogens with zero attached hydrogens (tertiary/aromatic N) is 2. The summed E-state index contributed by atoms with van der Waals surface area (Å²) < 4.78 is 0. The minimum Gasteiger partial charge on any atom is -0.340 e. The molecule has 0 spiro atoms. The van der Waals surface area contributed by atoms with E-state index in [4.69, 9.17) is 0 Å². The Morgan fingerprint density at radius 2 is 2.00 bits per heavy atom. The van der Waals surface area contributed by atoms with E-state index in [0.29, 0.717) is 6.04 Å². The van der Waals surface area contributed by atoms with E-state index in [1.807, 2.05) is 30.5 Å². The zero-order valence-electron chi connectivity index (χ0n) is 12.6. The standard InChI is InChI=1S/C18H23N3/c1-2-21-14-7-6-12-17(21)16-11-8-13-19-18(16)20-15-9-4-3-5-10-15/h3-5,8-11,13,17H,2,6-7,12,14H2,1H3,(H,19,20)/t17-/m0/s1. The van der Waals surface area contributed by atoms with Crippen LogP contribution in [0.15, 0.2) is 48.7 Å². The molecule has 2 heterocycles. The summed E-state index contributed by atoms with van der Waals surface area (Å²) in [4.78, 5) is 7.15. The minimum absolute atomic E-state index is 0.490. The fourth-order valence-electron chi connectivity index (χ4n) is 3.17. The number of hydrogen-bond donors (Lipinski definition) is 1. The highest BCUT2D eigenvalue weighted by molar-refractivity contribution is 5.59. The lowest BCUT2D eigenvalue weighted by Crippen LogP contribution is -2.33. The van der Waals surface area contributed by atoms with Crippen molar-refractivity contribution in [2.45, 2.75) is 32.2 Å². The molecule has 1 N–H and O–H groups in total. The summed E-state index contributed by atoms with van der Waals surface area (Å²) >= 11 is 0. The SMILES string of the molecule is CCN1CCCC[C@H]1c1cccnc1Nc1ccccc1. The van der Waals surface area contributed by atoms with E-state index in [1.54, 1.807) is 0 Å². The number of aromatic nitrogens is 1. The molecule has 1 saturated heterocycles. The highest BCUT2D eigenvalue weighted by Gasteiger charge is 2.25. The minimum atomic E-state index is 0.490. The number of nitrogens with one attached hydrogen (secondary N) is 1. The lowest BCUT2D eigenvalue weighted by atomic mass is 9.95. The molecule has 1 aliphatic rings. The van der Waals surface area contributed by atoms with E-state index in [2.05, 4.69) is 40.3 Å². The van der Waals surface area contributed by atoms with Gasteiger partial charge in [-0.3, -0.25) is 4.90 Å². The summed E-state index contributed by atoms with van der Waals surface area (Å²) in [6.45, 7) is 4.55. The Labute approximate surface area is 127 Å². The van der Waals surface area contributed by atoms with Gasteiger partial charge in [0, 0.05) is 23.5 Å². The molecule has 3 heteroatoms. The molecule has 1 aromatic carbocycles. The summed E-state index contributed by atoms with van der Waals surface area (Å²) in [5, 5.41) is 3.48. The van der Waals surface area contributed by atoms with Crippen LogP contribution in [0.1, 0.15) is 37.8 Å². The number of pyridine rings is 1. The maximum absolute atomic E-state index is 4.58. The molecule has 21 heavy (non-hydrogen) atoms. The van der Waals surface area contributed by atoms with E-state index in [-0.39, 0.29) is 0 Å². The van der Waals surface area contributed by atoms with Crippen molar-refractivity contribution in [1.29, 1.82) is 0 Å². The first-order valence-electron chi connectivity index (χ1n) is 7.89. The molecule has 0 amide bonds. The Morgan fingerprint density at radius 3 is 2.81 bits per heavy atom. The molecule has 3 rings (SSSR count). The van der Waals surface area contributed by atoms with E-state index < -0.39 is 0 Å². The summed E-state index contributed by atoms with van der Waals surface area (Å²) in [6.07, 6.45) is 5.71. The van der Waals surface area contributed by atoms with Gasteiger partial charge in [0.2, 0.25) is 0 Å². The van der Waals surface area contributed by atoms with Crippen LogP contribution in [0.2, 0.25) is 0 Å². The second-order valence-electron chi connectivity index (χ2n) is 5.57. The van der Waals surface area contributed by atoms with Gasteiger partial charge in [-0.1, -0.05) is 37.6 Å². The Kier molecular flexibility index (Phi) is 4.51. The first kappa shape index (κ1) is 14.1. The van der Waals surface area contributed by atoms with Gasteiger partial charge in [-0.15, -0.1) is 0 Å². The van der Waals surface area contributed by atoms with Crippen LogP contribution >= 0.6 is 0 Å². The molecule has 0 aliphatic carbocycles. The Bertz CT molecular complexity index is 568. The van der Waals surface area contributed by atoms with Crippen molar-refractivity contribution in [2.24, 2.45) is 0 Å². The molecule has 1 fully saturated rings. The van der Waals surface area contributed by atoms with Gasteiger partial charge < -0.3 is 5.32 Å². The first-order valence-corrected chi connectivity index (χ1v) is 7.89. The molecule has 110 valence electrons. The van der Waals surface area contributed by atoms with Crippen LogP contribution in [-0.2, 0) is 0 Å². The number of para-hydroxylation sites is 1. The fraction of sp³-hybridized carbons (Fsp3) is 0.389. The van der Waals surface area contributed by atoms with Gasteiger partial charge in [-0.2, -0.15) is 0 Å². The van der Waals surface area contributed by atoms with E-state index >= 15 is 0 Å². The van der Waals surface area contributed by atoms with Crippen LogP contribution in [0, 0.1) is 0 Å². The highest BCUT2D eigenvalue weighted by Crippen LogP contribution is 2.34. The average molecular weight is 281 g/mol. The Morgan fingerprint density at radius 1 is 1.14 bits per heavy atom. The van der Waals surface area contributed by atoms with Crippen LogP contribution in [0.3, 0.4) is 0 Å². The summed E-state index contributed by atoms with van der Waals surface area (Å²) in [5.74, 6) is 0.994. The molecule has 2 aromatic rings. The van der Waals surface area contributed by atoms with Crippen molar-refractivity contribution in [3.8, 4) is 0 Å². The predicted octanol–water partition coefficient (Wildman–Crippen LogP) is 4.37. The van der Waals surface area contributed by atoms with Crippen LogP contribution in [0.5, 0.6) is 0 Å². The Hall–Kier alpha value is -1.87. The second-order valence-corrected chi connectivity index (χ2v) is 5.57. The highest BCUT2D eigenvalue weighted by atomic mass is 15.2. The second kappa shape index (κ2) is 6.72. The first-order chi connectivity index (χ1) is 10.4. The smallest absolute Gasteiger partial charge is 0.135 e. The third kappa shape index (κ3) is 3.24. The average Bonchev–Trinajstić information content (AvgIpc) is 2.56. The molecule has 0 bridgehead atoms. The molecular formula is C18H23N3. The number of rotatable bonds is 4. The lowest BCUT2D eigenvalue weighted by molar-refractivity contribution is 0.157. The normalized spacial score (nSPS) is 19.4. The van der Waals surface area contributed by atoms with Gasteiger partial charge >= 0.3 is 0 Å². The predicted molar refractivity (Wildman–Crippen MR) is 87.8 cm³/mol. The van der Waals surface area contributed by atoms with Gasteiger partial charge in [-0.25, -0.2) is 4.98 Å². The van der Waals surface area contributed by atoms with Crippen molar-refractivity contribution in [2.75, 3.05) is 18.4 Å². The van der Waals surface area contributed by atoms with E-state index in [9.17, 15) is 0 Å². The Balaban J connectivity index is 1.88. The molecule has 3 nitrogen and oxygen atoms in total. The maximum atomic E-state index is 4.58. The van der Waals surface area contributed by atoms with Crippen molar-refractivity contribution < 1.29 is 0 Å². The summed E-state index contributed by atoms with van der Waals surface area (Å²) in [6, 6.07) is 15.0. The third-order valence-electron chi connectivity index (χ3n) is 4.25. The molecule has 0 radical (unpaired) electrons. The zero-order valence-corrected chi connectivity index (χ0v) is 12.6. The van der Waals surface area contributed by atoms with Crippen molar-refractivity contribution in [1.82, 2.24) is 9.88 Å².